The molecule has 5 rings (SSSR count). The summed E-state index contributed by atoms with van der Waals surface area (Å²) in [5.41, 5.74) is 0.452. The Morgan fingerprint density at radius 1 is 1.06 bits per heavy atom. The van der Waals surface area contributed by atoms with Crippen molar-refractivity contribution in [3.05, 3.63) is 40.9 Å². The van der Waals surface area contributed by atoms with Crippen molar-refractivity contribution in [3.63, 3.8) is 0 Å². The van der Waals surface area contributed by atoms with Gasteiger partial charge in [0.25, 0.3) is 5.91 Å². The Kier molecular flexibility index (Phi) is 6.99. The monoisotopic (exact) mass is 551 g/mol. The van der Waals surface area contributed by atoms with Crippen LogP contribution in [-0.4, -0.2) is 55.1 Å². The van der Waals surface area contributed by atoms with Crippen LogP contribution in [0.5, 0.6) is 11.5 Å². The highest BCUT2D eigenvalue weighted by Crippen LogP contribution is 2.37. The van der Waals surface area contributed by atoms with E-state index in [0.717, 1.165) is 50.1 Å². The number of nitrogens with one attached hydrogen (secondary N) is 2. The molecule has 0 spiro atoms. The Labute approximate surface area is 218 Å². The number of carbonyl (C=O) groups excluding carboxylic acids is 1. The van der Waals surface area contributed by atoms with Gasteiger partial charge in [-0.1, -0.05) is 11.6 Å². The fourth-order valence-electron chi connectivity index (χ4n) is 4.92. The van der Waals surface area contributed by atoms with Crippen molar-refractivity contribution < 1.29 is 28.0 Å². The predicted octanol–water partition coefficient (Wildman–Crippen LogP) is 3.43. The fourth-order valence-corrected chi connectivity index (χ4v) is 7.62. The number of sulfonamides is 1. The predicted molar refractivity (Wildman–Crippen MR) is 138 cm³/mol. The van der Waals surface area contributed by atoms with Crippen LogP contribution in [0.1, 0.15) is 42.5 Å². The number of rotatable bonds is 1. The zero-order valence-electron chi connectivity index (χ0n) is 19.5. The zero-order valence-corrected chi connectivity index (χ0v) is 21.9. The van der Waals surface area contributed by atoms with Gasteiger partial charge in [0.05, 0.1) is 17.1 Å². The number of phenols is 2. The number of thiazole rings is 1. The standard InChI is InChI=1S/C24H27ClN4O5S2/c25-18-5-7-20(31)21-22(18)35-24-27-36(33,34)16-4-6-19(30)17(14-16)23(32)28(15-8-10-26-11-9-15)12-2-1-3-13-29(21)24/h4-7,14-15,26H,1-3,8-13H2,(H2,30,31,32)/p+1. The van der Waals surface area contributed by atoms with Crippen molar-refractivity contribution in [2.75, 3.05) is 24.4 Å². The van der Waals surface area contributed by atoms with Crippen LogP contribution in [0.2, 0.25) is 5.02 Å². The van der Waals surface area contributed by atoms with Gasteiger partial charge in [-0.25, -0.2) is 4.57 Å². The normalized spacial score (nSPS) is 19.5. The number of amides is 1. The first-order valence-corrected chi connectivity index (χ1v) is 14.7. The largest absolute Gasteiger partial charge is 0.507 e. The number of nitrogens with zero attached hydrogens (tertiary/aromatic N) is 2. The number of phenolic OH excluding ortho intramolecular Hbond substituents is 2. The Bertz CT molecular complexity index is 1420. The first kappa shape index (κ1) is 25.1. The molecular weight excluding hydrogens is 524 g/mol. The average molecular weight is 552 g/mol. The van der Waals surface area contributed by atoms with Gasteiger partial charge in [-0.05, 0) is 86.9 Å². The molecule has 0 radical (unpaired) electrons. The van der Waals surface area contributed by atoms with Gasteiger partial charge in [0, 0.05) is 12.6 Å². The van der Waals surface area contributed by atoms with Gasteiger partial charge in [-0.15, -0.1) is 0 Å². The van der Waals surface area contributed by atoms with Crippen molar-refractivity contribution >= 4 is 54.2 Å². The molecule has 1 saturated heterocycles. The lowest BCUT2D eigenvalue weighted by Gasteiger charge is -2.35. The van der Waals surface area contributed by atoms with Gasteiger partial charge < -0.3 is 20.4 Å². The second-order valence-electron chi connectivity index (χ2n) is 9.13. The second-order valence-corrected chi connectivity index (χ2v) is 12.2. The van der Waals surface area contributed by atoms with E-state index in [0.29, 0.717) is 39.9 Å². The molecule has 1 aromatic heterocycles. The molecule has 1 fully saturated rings. The SMILES string of the molecule is O=C1c2cc(ccc2O)S(=O)(=O)Nc2sc3c(Cl)ccc(O)c3[n+]2CCCCCN1C1CCNCC1. The molecule has 3 aromatic rings. The van der Waals surface area contributed by atoms with Crippen molar-refractivity contribution in [1.82, 2.24) is 10.2 Å². The molecule has 0 atom stereocenters. The van der Waals surface area contributed by atoms with Crippen LogP contribution >= 0.6 is 22.9 Å². The van der Waals surface area contributed by atoms with Gasteiger partial charge >= 0.3 is 15.2 Å². The average Bonchev–Trinajstić information content (AvgIpc) is 3.22. The maximum atomic E-state index is 13.6. The fraction of sp³-hybridized carbons (Fsp3) is 0.417. The van der Waals surface area contributed by atoms with Crippen LogP contribution in [0.25, 0.3) is 10.2 Å². The first-order valence-electron chi connectivity index (χ1n) is 12.0. The molecule has 0 aliphatic carbocycles. The van der Waals surface area contributed by atoms with Crippen LogP contribution in [0.3, 0.4) is 0 Å². The highest BCUT2D eigenvalue weighted by atomic mass is 35.5. The lowest BCUT2D eigenvalue weighted by molar-refractivity contribution is -0.654. The molecule has 4 N–H and O–H groups in total. The highest BCUT2D eigenvalue weighted by Gasteiger charge is 2.32. The summed E-state index contributed by atoms with van der Waals surface area (Å²) in [7, 11) is -4.12. The number of hydrogen-bond donors (Lipinski definition) is 4. The third-order valence-electron chi connectivity index (χ3n) is 6.80. The van der Waals surface area contributed by atoms with Gasteiger partial charge in [-0.3, -0.25) is 4.79 Å². The summed E-state index contributed by atoms with van der Waals surface area (Å²) in [6.45, 7) is 2.58. The van der Waals surface area contributed by atoms with Crippen LogP contribution in [0, 0.1) is 0 Å². The minimum Gasteiger partial charge on any atom is -0.507 e. The minimum atomic E-state index is -4.12. The molecule has 36 heavy (non-hydrogen) atoms. The van der Waals surface area contributed by atoms with Gasteiger partial charge in [0.1, 0.15) is 15.3 Å². The van der Waals surface area contributed by atoms with Crippen LogP contribution < -0.4 is 14.6 Å². The number of aryl methyl sites for hydroxylation is 1. The number of fused-ring (bicyclic) bond motifs is 5. The maximum absolute atomic E-state index is 13.6. The smallest absolute Gasteiger partial charge is 0.350 e. The van der Waals surface area contributed by atoms with Crippen molar-refractivity contribution in [3.8, 4) is 11.5 Å². The molecule has 0 unspecified atom stereocenters. The summed E-state index contributed by atoms with van der Waals surface area (Å²) in [4.78, 5) is 15.2. The van der Waals surface area contributed by atoms with E-state index in [1.165, 1.54) is 24.3 Å². The molecule has 2 aromatic carbocycles. The molecule has 1 amide bonds. The van der Waals surface area contributed by atoms with Crippen LogP contribution in [0.15, 0.2) is 35.2 Å². The molecule has 192 valence electrons. The Hall–Kier alpha value is -2.60. The van der Waals surface area contributed by atoms with Crippen molar-refractivity contribution in [2.45, 2.75) is 49.6 Å². The third kappa shape index (κ3) is 4.72. The summed E-state index contributed by atoms with van der Waals surface area (Å²) in [5.74, 6) is -0.590. The van der Waals surface area contributed by atoms with Crippen molar-refractivity contribution in [1.29, 1.82) is 0 Å². The Balaban J connectivity index is 1.60. The maximum Gasteiger partial charge on any atom is 0.350 e. The van der Waals surface area contributed by atoms with E-state index >= 15 is 0 Å². The molecule has 9 nitrogen and oxygen atoms in total. The molecule has 2 aliphatic rings. The number of halogens is 1. The van der Waals surface area contributed by atoms with E-state index in [1.807, 2.05) is 0 Å². The molecule has 2 aliphatic heterocycles. The number of aromatic nitrogens is 1. The van der Waals surface area contributed by atoms with E-state index in [2.05, 4.69) is 10.0 Å². The summed E-state index contributed by atoms with van der Waals surface area (Å²) in [6.07, 6.45) is 3.85. The molecular formula is C24H28ClN4O5S2+. The number of aromatic hydroxyl groups is 2. The highest BCUT2D eigenvalue weighted by molar-refractivity contribution is 7.93. The number of benzene rings is 2. The second kappa shape index (κ2) is 10.0. The first-order chi connectivity index (χ1) is 17.3. The number of piperidine rings is 1. The van der Waals surface area contributed by atoms with Gasteiger partial charge in [-0.2, -0.15) is 13.1 Å². The summed E-state index contributed by atoms with van der Waals surface area (Å²) < 4.78 is 31.8. The molecule has 3 heterocycles. The number of anilines is 1. The third-order valence-corrected chi connectivity index (χ3v) is 9.82. The van der Waals surface area contributed by atoms with E-state index in [9.17, 15) is 23.4 Å². The Morgan fingerprint density at radius 3 is 2.58 bits per heavy atom. The summed E-state index contributed by atoms with van der Waals surface area (Å²) in [5, 5.41) is 25.1. The summed E-state index contributed by atoms with van der Waals surface area (Å²) in [6, 6.07) is 6.85. The van der Waals surface area contributed by atoms with E-state index in [4.69, 9.17) is 11.6 Å². The van der Waals surface area contributed by atoms with E-state index < -0.39 is 10.0 Å². The molecule has 12 heteroatoms. The Morgan fingerprint density at radius 2 is 1.81 bits per heavy atom. The van der Waals surface area contributed by atoms with Crippen LogP contribution in [-0.2, 0) is 16.6 Å². The van der Waals surface area contributed by atoms with Gasteiger partial charge in [0.15, 0.2) is 11.3 Å². The summed E-state index contributed by atoms with van der Waals surface area (Å²) >= 11 is 7.51. The van der Waals surface area contributed by atoms with Crippen molar-refractivity contribution in [2.24, 2.45) is 0 Å². The van der Waals surface area contributed by atoms with E-state index in [-0.39, 0.29) is 33.9 Å². The number of hydrogen-bond acceptors (Lipinski definition) is 7. The topological polar surface area (TPSA) is 123 Å². The van der Waals surface area contributed by atoms with Gasteiger partial charge in [0.2, 0.25) is 0 Å². The van der Waals surface area contributed by atoms with Crippen LogP contribution in [0.4, 0.5) is 5.13 Å². The lowest BCUT2D eigenvalue weighted by atomic mass is 10.0. The molecule has 0 saturated carbocycles. The minimum absolute atomic E-state index is 0.0188. The zero-order chi connectivity index (χ0) is 25.4. The lowest BCUT2D eigenvalue weighted by Crippen LogP contribution is -2.46. The quantitative estimate of drug-likeness (QED) is 0.344. The van der Waals surface area contributed by atoms with E-state index in [1.54, 1.807) is 15.5 Å². The molecule has 2 bridgehead atoms. The number of carbonyl (C=O) groups is 1.